The average Bonchev–Trinajstić information content (AvgIpc) is 2.29. The first-order valence-corrected chi connectivity index (χ1v) is 5.81. The second kappa shape index (κ2) is 5.29. The van der Waals surface area contributed by atoms with E-state index in [0.717, 1.165) is 32.2 Å². The first-order chi connectivity index (χ1) is 7.36. The number of piperidine rings is 1. The Morgan fingerprint density at radius 3 is 2.80 bits per heavy atom. The van der Waals surface area contributed by atoms with E-state index >= 15 is 0 Å². The molecule has 82 valence electrons. The summed E-state index contributed by atoms with van der Waals surface area (Å²) in [7, 11) is 0. The molecule has 2 rings (SSSR count). The zero-order valence-corrected chi connectivity index (χ0v) is 9.02. The Hall–Kier alpha value is -0.860. The Kier molecular flexibility index (Phi) is 3.75. The molecule has 0 saturated carbocycles. The third kappa shape index (κ3) is 3.05. The summed E-state index contributed by atoms with van der Waals surface area (Å²) in [5.41, 5.74) is 1.36. The Morgan fingerprint density at radius 2 is 2.07 bits per heavy atom. The molecule has 0 spiro atoms. The van der Waals surface area contributed by atoms with Gasteiger partial charge in [-0.15, -0.1) is 0 Å². The van der Waals surface area contributed by atoms with Crippen LogP contribution in [-0.2, 0) is 6.42 Å². The highest BCUT2D eigenvalue weighted by atomic mass is 16.3. The molecule has 2 heteroatoms. The Balaban J connectivity index is 1.82. The fourth-order valence-corrected chi connectivity index (χ4v) is 2.20. The monoisotopic (exact) mass is 205 g/mol. The third-order valence-electron chi connectivity index (χ3n) is 3.13. The van der Waals surface area contributed by atoms with Gasteiger partial charge in [-0.1, -0.05) is 30.3 Å². The summed E-state index contributed by atoms with van der Waals surface area (Å²) in [5.74, 6) is 0. The molecule has 0 radical (unpaired) electrons. The predicted octanol–water partition coefficient (Wildman–Crippen LogP) is 1.73. The fraction of sp³-hybridized carbons (Fsp3) is 0.538. The van der Waals surface area contributed by atoms with Crippen LogP contribution in [0.1, 0.15) is 24.8 Å². The number of benzene rings is 1. The number of nitrogens with one attached hydrogen (secondary N) is 1. The van der Waals surface area contributed by atoms with E-state index in [-0.39, 0.29) is 6.10 Å². The Bertz CT molecular complexity index is 286. The Morgan fingerprint density at radius 1 is 1.27 bits per heavy atom. The average molecular weight is 205 g/mol. The van der Waals surface area contributed by atoms with Crippen LogP contribution in [0.2, 0.25) is 0 Å². The molecule has 0 amide bonds. The maximum atomic E-state index is 9.78. The van der Waals surface area contributed by atoms with E-state index in [0.29, 0.717) is 6.04 Å². The van der Waals surface area contributed by atoms with Crippen LogP contribution in [0.3, 0.4) is 0 Å². The van der Waals surface area contributed by atoms with Gasteiger partial charge < -0.3 is 10.4 Å². The van der Waals surface area contributed by atoms with Gasteiger partial charge in [-0.25, -0.2) is 0 Å². The van der Waals surface area contributed by atoms with Crippen LogP contribution in [0.25, 0.3) is 0 Å². The molecule has 0 aliphatic carbocycles. The molecule has 0 bridgehead atoms. The predicted molar refractivity (Wildman–Crippen MR) is 61.8 cm³/mol. The van der Waals surface area contributed by atoms with Gasteiger partial charge in [0.15, 0.2) is 0 Å². The van der Waals surface area contributed by atoms with E-state index in [1.54, 1.807) is 0 Å². The zero-order chi connectivity index (χ0) is 10.5. The summed E-state index contributed by atoms with van der Waals surface area (Å²) in [6.07, 6.45) is 3.98. The number of aliphatic hydroxyl groups is 1. The summed E-state index contributed by atoms with van der Waals surface area (Å²) in [6, 6.07) is 10.8. The molecular weight excluding hydrogens is 186 g/mol. The maximum absolute atomic E-state index is 9.78. The van der Waals surface area contributed by atoms with Gasteiger partial charge >= 0.3 is 0 Å². The zero-order valence-electron chi connectivity index (χ0n) is 9.02. The fourth-order valence-electron chi connectivity index (χ4n) is 2.20. The summed E-state index contributed by atoms with van der Waals surface area (Å²) in [4.78, 5) is 0. The smallest absolute Gasteiger partial charge is 0.0693 e. The number of aliphatic hydroxyl groups excluding tert-OH is 1. The lowest BCUT2D eigenvalue weighted by molar-refractivity contribution is 0.0926. The van der Waals surface area contributed by atoms with E-state index < -0.39 is 0 Å². The van der Waals surface area contributed by atoms with Crippen LogP contribution in [0.4, 0.5) is 0 Å². The second-order valence-electron chi connectivity index (χ2n) is 4.29. The number of hydrogen-bond donors (Lipinski definition) is 2. The van der Waals surface area contributed by atoms with Crippen molar-refractivity contribution in [2.75, 3.05) is 6.54 Å². The molecule has 1 aromatic carbocycles. The maximum Gasteiger partial charge on any atom is 0.0693 e. The van der Waals surface area contributed by atoms with Gasteiger partial charge in [0, 0.05) is 6.04 Å². The minimum absolute atomic E-state index is 0.150. The lowest BCUT2D eigenvalue weighted by Gasteiger charge is -2.28. The standard InChI is InChI=1S/C13H19NO/c15-13-7-4-10-14-12(13)9-8-11-5-2-1-3-6-11/h1-3,5-6,12-15H,4,7-10H2/t12-,13+/m0/s1. The minimum Gasteiger partial charge on any atom is -0.392 e. The topological polar surface area (TPSA) is 32.3 Å². The molecule has 2 nitrogen and oxygen atoms in total. The van der Waals surface area contributed by atoms with Crippen molar-refractivity contribution in [2.24, 2.45) is 0 Å². The van der Waals surface area contributed by atoms with Crippen LogP contribution in [0, 0.1) is 0 Å². The molecule has 0 unspecified atom stereocenters. The van der Waals surface area contributed by atoms with E-state index in [1.165, 1.54) is 5.56 Å². The van der Waals surface area contributed by atoms with Gasteiger partial charge in [-0.3, -0.25) is 0 Å². The number of rotatable bonds is 3. The molecule has 1 fully saturated rings. The molecule has 1 aliphatic rings. The van der Waals surface area contributed by atoms with Crippen molar-refractivity contribution in [2.45, 2.75) is 37.8 Å². The van der Waals surface area contributed by atoms with Crippen molar-refractivity contribution < 1.29 is 5.11 Å². The van der Waals surface area contributed by atoms with Gasteiger partial charge in [0.05, 0.1) is 6.10 Å². The molecule has 15 heavy (non-hydrogen) atoms. The normalized spacial score (nSPS) is 26.5. The second-order valence-corrected chi connectivity index (χ2v) is 4.29. The quantitative estimate of drug-likeness (QED) is 0.787. The van der Waals surface area contributed by atoms with Crippen LogP contribution >= 0.6 is 0 Å². The van der Waals surface area contributed by atoms with E-state index in [4.69, 9.17) is 0 Å². The van der Waals surface area contributed by atoms with Gasteiger partial charge in [0.1, 0.15) is 0 Å². The van der Waals surface area contributed by atoms with Crippen LogP contribution < -0.4 is 5.32 Å². The van der Waals surface area contributed by atoms with Gasteiger partial charge in [-0.05, 0) is 37.8 Å². The van der Waals surface area contributed by atoms with Crippen LogP contribution in [-0.4, -0.2) is 23.8 Å². The lowest BCUT2D eigenvalue weighted by Crippen LogP contribution is -2.44. The molecule has 1 saturated heterocycles. The largest absolute Gasteiger partial charge is 0.392 e. The third-order valence-corrected chi connectivity index (χ3v) is 3.13. The highest BCUT2D eigenvalue weighted by Crippen LogP contribution is 2.14. The van der Waals surface area contributed by atoms with E-state index in [2.05, 4.69) is 29.6 Å². The summed E-state index contributed by atoms with van der Waals surface area (Å²) < 4.78 is 0. The van der Waals surface area contributed by atoms with E-state index in [1.807, 2.05) is 6.07 Å². The number of aryl methyl sites for hydroxylation is 1. The number of hydrogen-bond acceptors (Lipinski definition) is 2. The first-order valence-electron chi connectivity index (χ1n) is 5.81. The molecular formula is C13H19NO. The van der Waals surface area contributed by atoms with Crippen molar-refractivity contribution in [3.05, 3.63) is 35.9 Å². The van der Waals surface area contributed by atoms with Crippen molar-refractivity contribution >= 4 is 0 Å². The SMILES string of the molecule is O[C@@H]1CCCN[C@H]1CCc1ccccc1. The van der Waals surface area contributed by atoms with Crippen molar-refractivity contribution in [3.8, 4) is 0 Å². The van der Waals surface area contributed by atoms with Gasteiger partial charge in [-0.2, -0.15) is 0 Å². The summed E-state index contributed by atoms with van der Waals surface area (Å²) in [6.45, 7) is 1.05. The highest BCUT2D eigenvalue weighted by molar-refractivity contribution is 5.14. The molecule has 0 aromatic heterocycles. The molecule has 2 N–H and O–H groups in total. The summed E-state index contributed by atoms with van der Waals surface area (Å²) >= 11 is 0. The first kappa shape index (κ1) is 10.7. The molecule has 1 heterocycles. The minimum atomic E-state index is -0.150. The van der Waals surface area contributed by atoms with Crippen LogP contribution in [0.5, 0.6) is 0 Å². The van der Waals surface area contributed by atoms with Gasteiger partial charge in [0.25, 0.3) is 0 Å². The molecule has 1 aromatic rings. The highest BCUT2D eigenvalue weighted by Gasteiger charge is 2.21. The lowest BCUT2D eigenvalue weighted by atomic mass is 9.95. The van der Waals surface area contributed by atoms with Gasteiger partial charge in [0.2, 0.25) is 0 Å². The molecule has 1 aliphatic heterocycles. The van der Waals surface area contributed by atoms with Crippen molar-refractivity contribution in [3.63, 3.8) is 0 Å². The van der Waals surface area contributed by atoms with Crippen molar-refractivity contribution in [1.29, 1.82) is 0 Å². The van der Waals surface area contributed by atoms with Crippen LogP contribution in [0.15, 0.2) is 30.3 Å². The van der Waals surface area contributed by atoms with E-state index in [9.17, 15) is 5.11 Å². The van der Waals surface area contributed by atoms with Crippen molar-refractivity contribution in [1.82, 2.24) is 5.32 Å². The summed E-state index contributed by atoms with van der Waals surface area (Å²) in [5, 5.41) is 13.2. The Labute approximate surface area is 91.3 Å². The molecule has 2 atom stereocenters.